The minimum absolute atomic E-state index is 0.305. The van der Waals surface area contributed by atoms with E-state index in [0.717, 1.165) is 16.7 Å². The van der Waals surface area contributed by atoms with E-state index in [1.165, 1.54) is 0 Å². The van der Waals surface area contributed by atoms with Gasteiger partial charge < -0.3 is 19.7 Å². The van der Waals surface area contributed by atoms with Crippen LogP contribution in [-0.4, -0.2) is 41.4 Å². The summed E-state index contributed by atoms with van der Waals surface area (Å²) < 4.78 is 11.0. The molecule has 1 heterocycles. The van der Waals surface area contributed by atoms with Gasteiger partial charge in [-0.15, -0.1) is 0 Å². The third kappa shape index (κ3) is 5.78. The molecule has 0 unspecified atom stereocenters. The lowest BCUT2D eigenvalue weighted by Crippen LogP contribution is -2.69. The molecule has 3 rings (SSSR count). The van der Waals surface area contributed by atoms with Crippen LogP contribution in [0.3, 0.4) is 0 Å². The molecule has 2 aromatic rings. The minimum Gasteiger partial charge on any atom is -0.444 e. The van der Waals surface area contributed by atoms with Gasteiger partial charge in [0.15, 0.2) is 0 Å². The maximum absolute atomic E-state index is 12.6. The quantitative estimate of drug-likeness (QED) is 0.724. The van der Waals surface area contributed by atoms with Crippen LogP contribution >= 0.6 is 0 Å². The molecule has 0 spiro atoms. The fraction of sp³-hybridized carbons (Fsp3) is 0.440. The number of likely N-dealkylation sites (tertiary alicyclic amines) is 1. The Morgan fingerprint density at radius 3 is 2.00 bits per heavy atom. The lowest BCUT2D eigenvalue weighted by molar-refractivity contribution is -0.0229. The summed E-state index contributed by atoms with van der Waals surface area (Å²) in [5.74, 6) is 0. The number of alkyl carbamates (subject to hydrolysis) is 1. The number of amides is 2. The monoisotopic (exact) mass is 424 g/mol. The summed E-state index contributed by atoms with van der Waals surface area (Å²) in [4.78, 5) is 26.8. The molecule has 1 fully saturated rings. The molecule has 1 aliphatic heterocycles. The molecular weight excluding hydrogens is 392 g/mol. The van der Waals surface area contributed by atoms with Crippen LogP contribution in [0.5, 0.6) is 0 Å². The van der Waals surface area contributed by atoms with Crippen molar-refractivity contribution >= 4 is 12.2 Å². The number of hydrogen-bond donors (Lipinski definition) is 1. The molecule has 1 N–H and O–H groups in total. The highest BCUT2D eigenvalue weighted by atomic mass is 16.6. The molecule has 0 atom stereocenters. The van der Waals surface area contributed by atoms with E-state index < -0.39 is 28.9 Å². The number of nitrogens with zero attached hydrogens (tertiary/aromatic N) is 1. The van der Waals surface area contributed by atoms with Crippen LogP contribution in [0.1, 0.15) is 47.1 Å². The standard InChI is InChI=1S/C25H32N2O4/c1-23(2,3)30-21(28)26-25(16-27(17-25)22(29)31-24(4,5)6)20-14-10-13-19(15-20)18-11-8-7-9-12-18/h7-15H,16-17H2,1-6H3,(H,26,28). The van der Waals surface area contributed by atoms with Crippen LogP contribution in [0.2, 0.25) is 0 Å². The Morgan fingerprint density at radius 2 is 1.42 bits per heavy atom. The predicted octanol–water partition coefficient (Wildman–Crippen LogP) is 5.32. The molecule has 0 radical (unpaired) electrons. The lowest BCUT2D eigenvalue weighted by Gasteiger charge is -2.50. The van der Waals surface area contributed by atoms with E-state index in [4.69, 9.17) is 9.47 Å². The lowest BCUT2D eigenvalue weighted by atomic mass is 9.81. The summed E-state index contributed by atoms with van der Waals surface area (Å²) in [7, 11) is 0. The van der Waals surface area contributed by atoms with Gasteiger partial charge in [0.05, 0.1) is 13.1 Å². The van der Waals surface area contributed by atoms with Gasteiger partial charge in [-0.25, -0.2) is 9.59 Å². The van der Waals surface area contributed by atoms with Crippen molar-refractivity contribution in [3.63, 3.8) is 0 Å². The number of carbonyl (C=O) groups is 2. The van der Waals surface area contributed by atoms with E-state index in [2.05, 4.69) is 11.4 Å². The van der Waals surface area contributed by atoms with Crippen LogP contribution in [0.25, 0.3) is 11.1 Å². The first kappa shape index (κ1) is 22.7. The summed E-state index contributed by atoms with van der Waals surface area (Å²) in [6, 6.07) is 18.1. The van der Waals surface area contributed by atoms with Crippen LogP contribution < -0.4 is 5.32 Å². The highest BCUT2D eigenvalue weighted by Gasteiger charge is 2.49. The Balaban J connectivity index is 1.87. The zero-order chi connectivity index (χ0) is 22.9. The molecule has 0 saturated carbocycles. The summed E-state index contributed by atoms with van der Waals surface area (Å²) >= 11 is 0. The summed E-state index contributed by atoms with van der Waals surface area (Å²) in [6.45, 7) is 11.6. The van der Waals surface area contributed by atoms with Crippen molar-refractivity contribution in [3.05, 3.63) is 60.2 Å². The Morgan fingerprint density at radius 1 is 0.839 bits per heavy atom. The van der Waals surface area contributed by atoms with Gasteiger partial charge in [-0.2, -0.15) is 0 Å². The molecule has 166 valence electrons. The van der Waals surface area contributed by atoms with Crippen LogP contribution in [-0.2, 0) is 15.0 Å². The van der Waals surface area contributed by atoms with Crippen molar-refractivity contribution in [1.29, 1.82) is 0 Å². The van der Waals surface area contributed by atoms with Crippen LogP contribution in [0.15, 0.2) is 54.6 Å². The van der Waals surface area contributed by atoms with Crippen molar-refractivity contribution in [2.24, 2.45) is 0 Å². The van der Waals surface area contributed by atoms with Crippen molar-refractivity contribution in [2.75, 3.05) is 13.1 Å². The maximum atomic E-state index is 12.6. The molecule has 0 aliphatic carbocycles. The Kier molecular flexibility index (Phi) is 6.03. The van der Waals surface area contributed by atoms with E-state index in [1.54, 1.807) is 4.90 Å². The van der Waals surface area contributed by atoms with Gasteiger partial charge >= 0.3 is 12.2 Å². The fourth-order valence-corrected chi connectivity index (χ4v) is 3.52. The number of ether oxygens (including phenoxy) is 2. The third-order valence-corrected chi connectivity index (χ3v) is 4.84. The molecule has 6 nitrogen and oxygen atoms in total. The molecular formula is C25H32N2O4. The third-order valence-electron chi connectivity index (χ3n) is 4.84. The van der Waals surface area contributed by atoms with Crippen molar-refractivity contribution < 1.29 is 19.1 Å². The molecule has 2 aromatic carbocycles. The normalized spacial score (nSPS) is 15.6. The number of rotatable bonds is 3. The second-order valence-corrected chi connectivity index (χ2v) is 9.99. The van der Waals surface area contributed by atoms with Crippen molar-refractivity contribution in [1.82, 2.24) is 10.2 Å². The SMILES string of the molecule is CC(C)(C)OC(=O)NC1(c2cccc(-c3ccccc3)c2)CN(C(=O)OC(C)(C)C)C1. The van der Waals surface area contributed by atoms with E-state index in [1.807, 2.05) is 90.1 Å². The van der Waals surface area contributed by atoms with E-state index in [0.29, 0.717) is 13.1 Å². The number of carbonyl (C=O) groups excluding carboxylic acids is 2. The number of hydrogen-bond acceptors (Lipinski definition) is 4. The summed E-state index contributed by atoms with van der Waals surface area (Å²) in [6.07, 6.45) is -0.908. The zero-order valence-corrected chi connectivity index (χ0v) is 19.2. The van der Waals surface area contributed by atoms with Gasteiger partial charge in [0, 0.05) is 0 Å². The number of nitrogens with one attached hydrogen (secondary N) is 1. The fourth-order valence-electron chi connectivity index (χ4n) is 3.52. The highest BCUT2D eigenvalue weighted by molar-refractivity contribution is 5.74. The first-order valence-electron chi connectivity index (χ1n) is 10.5. The first-order valence-corrected chi connectivity index (χ1v) is 10.5. The zero-order valence-electron chi connectivity index (χ0n) is 19.2. The van der Waals surface area contributed by atoms with Crippen molar-refractivity contribution in [2.45, 2.75) is 58.3 Å². The van der Waals surface area contributed by atoms with E-state index in [-0.39, 0.29) is 0 Å². The maximum Gasteiger partial charge on any atom is 0.410 e. The van der Waals surface area contributed by atoms with Crippen LogP contribution in [0.4, 0.5) is 9.59 Å². The van der Waals surface area contributed by atoms with Crippen LogP contribution in [0, 0.1) is 0 Å². The first-order chi connectivity index (χ1) is 14.4. The molecule has 31 heavy (non-hydrogen) atoms. The van der Waals surface area contributed by atoms with Gasteiger partial charge in [-0.1, -0.05) is 48.5 Å². The highest BCUT2D eigenvalue weighted by Crippen LogP contribution is 2.35. The topological polar surface area (TPSA) is 67.9 Å². The average molecular weight is 425 g/mol. The Hall–Kier alpha value is -3.02. The Bertz CT molecular complexity index is 936. The summed E-state index contributed by atoms with van der Waals surface area (Å²) in [5, 5.41) is 3.02. The molecule has 1 aliphatic rings. The second kappa shape index (κ2) is 8.25. The molecule has 6 heteroatoms. The molecule has 1 saturated heterocycles. The van der Waals surface area contributed by atoms with Gasteiger partial charge in [0.1, 0.15) is 16.7 Å². The molecule has 0 aromatic heterocycles. The second-order valence-electron chi connectivity index (χ2n) is 9.99. The predicted molar refractivity (Wildman–Crippen MR) is 121 cm³/mol. The molecule has 2 amide bonds. The van der Waals surface area contributed by atoms with Gasteiger partial charge in [-0.05, 0) is 64.3 Å². The van der Waals surface area contributed by atoms with Crippen molar-refractivity contribution in [3.8, 4) is 11.1 Å². The van der Waals surface area contributed by atoms with Gasteiger partial charge in [-0.3, -0.25) is 0 Å². The van der Waals surface area contributed by atoms with E-state index >= 15 is 0 Å². The van der Waals surface area contributed by atoms with Gasteiger partial charge in [0.25, 0.3) is 0 Å². The average Bonchev–Trinajstić information content (AvgIpc) is 2.62. The van der Waals surface area contributed by atoms with Gasteiger partial charge in [0.2, 0.25) is 0 Å². The Labute approximate surface area is 184 Å². The number of benzene rings is 2. The summed E-state index contributed by atoms with van der Waals surface area (Å²) in [5.41, 5.74) is 1.09. The van der Waals surface area contributed by atoms with E-state index in [9.17, 15) is 9.59 Å². The molecule has 0 bridgehead atoms. The smallest absolute Gasteiger partial charge is 0.410 e. The largest absolute Gasteiger partial charge is 0.444 e. The minimum atomic E-state index is -0.746.